The van der Waals surface area contributed by atoms with Crippen LogP contribution in [0, 0.1) is 5.41 Å². The van der Waals surface area contributed by atoms with Crippen molar-refractivity contribution in [3.63, 3.8) is 0 Å². The molecule has 2 atom stereocenters. The van der Waals surface area contributed by atoms with E-state index in [-0.39, 0.29) is 17.6 Å². The van der Waals surface area contributed by atoms with E-state index < -0.39 is 0 Å². The first kappa shape index (κ1) is 12.6. The van der Waals surface area contributed by atoms with Crippen molar-refractivity contribution < 1.29 is 9.90 Å². The number of nitrogens with zero attached hydrogens (tertiary/aromatic N) is 2. The zero-order valence-electron chi connectivity index (χ0n) is 10.8. The van der Waals surface area contributed by atoms with E-state index in [1.807, 2.05) is 4.90 Å². The molecule has 2 amide bonds. The number of carbonyl (C=O) groups is 1. The van der Waals surface area contributed by atoms with Crippen LogP contribution in [0.2, 0.25) is 0 Å². The largest absolute Gasteiger partial charge is 0.392 e. The summed E-state index contributed by atoms with van der Waals surface area (Å²) in [7, 11) is 3.75. The molecule has 0 aromatic heterocycles. The Kier molecular flexibility index (Phi) is 3.58. The number of hydrogen-bond donors (Lipinski definition) is 2. The van der Waals surface area contributed by atoms with Crippen LogP contribution >= 0.6 is 0 Å². The number of aliphatic hydroxyl groups excluding tert-OH is 1. The molecule has 2 fully saturated rings. The van der Waals surface area contributed by atoms with Crippen LogP contribution in [0.5, 0.6) is 0 Å². The van der Waals surface area contributed by atoms with Crippen molar-refractivity contribution in [1.29, 1.82) is 0 Å². The molecule has 2 rings (SSSR count). The average molecular weight is 241 g/mol. The van der Waals surface area contributed by atoms with Crippen molar-refractivity contribution in [3.05, 3.63) is 0 Å². The molecule has 0 aliphatic carbocycles. The molecular weight excluding hydrogens is 218 g/mol. The van der Waals surface area contributed by atoms with Gasteiger partial charge in [0.05, 0.1) is 6.10 Å². The Morgan fingerprint density at radius 1 is 1.41 bits per heavy atom. The summed E-state index contributed by atoms with van der Waals surface area (Å²) in [5.74, 6) is 0. The Labute approximate surface area is 103 Å². The van der Waals surface area contributed by atoms with E-state index in [2.05, 4.69) is 17.3 Å². The second kappa shape index (κ2) is 4.82. The number of amides is 2. The summed E-state index contributed by atoms with van der Waals surface area (Å²) in [6, 6.07) is -0.0236. The molecule has 2 saturated heterocycles. The van der Waals surface area contributed by atoms with E-state index in [0.717, 1.165) is 38.9 Å². The first-order chi connectivity index (χ1) is 8.07. The molecule has 0 aromatic rings. The van der Waals surface area contributed by atoms with Crippen LogP contribution in [0.25, 0.3) is 0 Å². The Hall–Kier alpha value is -0.810. The molecular formula is C12H23N3O2. The van der Waals surface area contributed by atoms with Gasteiger partial charge in [0.15, 0.2) is 0 Å². The second-order valence-corrected chi connectivity index (χ2v) is 5.48. The lowest BCUT2D eigenvalue weighted by Gasteiger charge is -2.50. The monoisotopic (exact) mass is 241 g/mol. The zero-order valence-corrected chi connectivity index (χ0v) is 10.8. The van der Waals surface area contributed by atoms with Gasteiger partial charge in [-0.1, -0.05) is 0 Å². The van der Waals surface area contributed by atoms with Crippen LogP contribution in [-0.2, 0) is 0 Å². The fraction of sp³-hybridized carbons (Fsp3) is 0.917. The van der Waals surface area contributed by atoms with Crippen molar-refractivity contribution in [2.24, 2.45) is 5.41 Å². The van der Waals surface area contributed by atoms with E-state index in [4.69, 9.17) is 0 Å². The SMILES string of the molecule is CNC(=O)N1CCCC2(CN(C)CCC2O)C1. The molecule has 2 heterocycles. The predicted molar refractivity (Wildman–Crippen MR) is 65.8 cm³/mol. The van der Waals surface area contributed by atoms with E-state index >= 15 is 0 Å². The van der Waals surface area contributed by atoms with Gasteiger partial charge < -0.3 is 20.2 Å². The third-order valence-corrected chi connectivity index (χ3v) is 4.19. The molecule has 2 aliphatic heterocycles. The minimum Gasteiger partial charge on any atom is -0.392 e. The van der Waals surface area contributed by atoms with Crippen LogP contribution in [-0.4, -0.2) is 67.3 Å². The van der Waals surface area contributed by atoms with Crippen LogP contribution in [0.3, 0.4) is 0 Å². The van der Waals surface area contributed by atoms with Crippen molar-refractivity contribution >= 4 is 6.03 Å². The van der Waals surface area contributed by atoms with Gasteiger partial charge in [-0.15, -0.1) is 0 Å². The van der Waals surface area contributed by atoms with Gasteiger partial charge in [0, 0.05) is 38.6 Å². The van der Waals surface area contributed by atoms with Crippen LogP contribution in [0.4, 0.5) is 4.79 Å². The van der Waals surface area contributed by atoms with Gasteiger partial charge in [-0.2, -0.15) is 0 Å². The maximum atomic E-state index is 11.7. The molecule has 98 valence electrons. The minimum absolute atomic E-state index is 0.0236. The fourth-order valence-corrected chi connectivity index (χ4v) is 3.26. The van der Waals surface area contributed by atoms with Gasteiger partial charge in [-0.25, -0.2) is 4.79 Å². The third-order valence-electron chi connectivity index (χ3n) is 4.19. The normalized spacial score (nSPS) is 35.0. The molecule has 0 bridgehead atoms. The van der Waals surface area contributed by atoms with E-state index in [1.165, 1.54) is 0 Å². The summed E-state index contributed by atoms with van der Waals surface area (Å²) in [6.45, 7) is 3.32. The molecule has 2 unspecified atom stereocenters. The molecule has 2 aliphatic rings. The molecule has 0 radical (unpaired) electrons. The average Bonchev–Trinajstić information content (AvgIpc) is 2.33. The quantitative estimate of drug-likeness (QED) is 0.632. The predicted octanol–water partition coefficient (Wildman–Crippen LogP) is 0.104. The standard InChI is InChI=1S/C12H23N3O2/c1-13-11(17)15-6-3-5-12(9-15)8-14(2)7-4-10(12)16/h10,16H,3-9H2,1-2H3,(H,13,17). The smallest absolute Gasteiger partial charge is 0.317 e. The molecule has 0 saturated carbocycles. The van der Waals surface area contributed by atoms with Gasteiger partial charge in [-0.05, 0) is 26.3 Å². The van der Waals surface area contributed by atoms with Crippen LogP contribution < -0.4 is 5.32 Å². The number of piperidine rings is 2. The van der Waals surface area contributed by atoms with Gasteiger partial charge in [0.2, 0.25) is 0 Å². The Morgan fingerprint density at radius 2 is 2.18 bits per heavy atom. The lowest BCUT2D eigenvalue weighted by molar-refractivity contribution is -0.0711. The molecule has 1 spiro atoms. The molecule has 5 heteroatoms. The number of hydrogen-bond acceptors (Lipinski definition) is 3. The molecule has 2 N–H and O–H groups in total. The van der Waals surface area contributed by atoms with E-state index in [1.54, 1.807) is 7.05 Å². The van der Waals surface area contributed by atoms with Crippen LogP contribution in [0.1, 0.15) is 19.3 Å². The van der Waals surface area contributed by atoms with Gasteiger partial charge in [0.25, 0.3) is 0 Å². The number of urea groups is 1. The summed E-state index contributed by atoms with van der Waals surface area (Å²) >= 11 is 0. The highest BCUT2D eigenvalue weighted by atomic mass is 16.3. The maximum absolute atomic E-state index is 11.7. The van der Waals surface area contributed by atoms with Crippen molar-refractivity contribution in [3.8, 4) is 0 Å². The number of aliphatic hydroxyl groups is 1. The van der Waals surface area contributed by atoms with E-state index in [0.29, 0.717) is 6.54 Å². The molecule has 0 aromatic carbocycles. The van der Waals surface area contributed by atoms with E-state index in [9.17, 15) is 9.90 Å². The topological polar surface area (TPSA) is 55.8 Å². The minimum atomic E-state index is -0.272. The Morgan fingerprint density at radius 3 is 2.88 bits per heavy atom. The number of rotatable bonds is 0. The summed E-state index contributed by atoms with van der Waals surface area (Å²) in [6.07, 6.45) is 2.55. The molecule has 5 nitrogen and oxygen atoms in total. The fourth-order valence-electron chi connectivity index (χ4n) is 3.26. The van der Waals surface area contributed by atoms with Crippen molar-refractivity contribution in [2.75, 3.05) is 40.3 Å². The Balaban J connectivity index is 2.10. The third kappa shape index (κ3) is 2.40. The maximum Gasteiger partial charge on any atom is 0.317 e. The lowest BCUT2D eigenvalue weighted by Crippen LogP contribution is -2.60. The highest BCUT2D eigenvalue weighted by Crippen LogP contribution is 2.38. The molecule has 17 heavy (non-hydrogen) atoms. The van der Waals surface area contributed by atoms with Gasteiger partial charge in [-0.3, -0.25) is 0 Å². The highest BCUT2D eigenvalue weighted by Gasteiger charge is 2.45. The van der Waals surface area contributed by atoms with Crippen LogP contribution in [0.15, 0.2) is 0 Å². The number of likely N-dealkylation sites (tertiary alicyclic amines) is 2. The summed E-state index contributed by atoms with van der Waals surface area (Å²) < 4.78 is 0. The highest BCUT2D eigenvalue weighted by molar-refractivity contribution is 5.74. The Bertz CT molecular complexity index is 297. The lowest BCUT2D eigenvalue weighted by atomic mass is 9.72. The first-order valence-electron chi connectivity index (χ1n) is 6.41. The summed E-state index contributed by atoms with van der Waals surface area (Å²) in [5, 5.41) is 13.0. The number of carbonyl (C=O) groups excluding carboxylic acids is 1. The zero-order chi connectivity index (χ0) is 12.5. The number of nitrogens with one attached hydrogen (secondary N) is 1. The van der Waals surface area contributed by atoms with Gasteiger partial charge in [0.1, 0.15) is 0 Å². The summed E-state index contributed by atoms with van der Waals surface area (Å²) in [5.41, 5.74) is -0.113. The van der Waals surface area contributed by atoms with Crippen molar-refractivity contribution in [1.82, 2.24) is 15.1 Å². The van der Waals surface area contributed by atoms with Crippen molar-refractivity contribution in [2.45, 2.75) is 25.4 Å². The van der Waals surface area contributed by atoms with Gasteiger partial charge >= 0.3 is 6.03 Å². The summed E-state index contributed by atoms with van der Waals surface area (Å²) in [4.78, 5) is 15.8. The first-order valence-corrected chi connectivity index (χ1v) is 6.41. The second-order valence-electron chi connectivity index (χ2n) is 5.48.